The molecule has 0 saturated heterocycles. The second-order valence-corrected chi connectivity index (χ2v) is 9.43. The van der Waals surface area contributed by atoms with Crippen molar-refractivity contribution in [1.29, 1.82) is 0 Å². The normalized spacial score (nSPS) is 10.9. The van der Waals surface area contributed by atoms with E-state index >= 15 is 0 Å². The number of nitrogens with zero attached hydrogens (tertiary/aromatic N) is 2. The van der Waals surface area contributed by atoms with E-state index in [0.29, 0.717) is 23.3 Å². The van der Waals surface area contributed by atoms with E-state index in [0.717, 1.165) is 55.2 Å². The molecule has 0 fully saturated rings. The number of hydrogen-bond acceptors (Lipinski definition) is 4. The number of ketones is 1. The van der Waals surface area contributed by atoms with Crippen LogP contribution in [-0.4, -0.2) is 52.4 Å². The molecule has 0 spiro atoms. The molecule has 7 heteroatoms. The van der Waals surface area contributed by atoms with Gasteiger partial charge in [-0.3, -0.25) is 14.4 Å². The van der Waals surface area contributed by atoms with Gasteiger partial charge in [0, 0.05) is 48.3 Å². The number of carbonyl (C=O) groups is 3. The molecule has 39 heavy (non-hydrogen) atoms. The maximum atomic E-state index is 13.6. The van der Waals surface area contributed by atoms with Crippen molar-refractivity contribution in [3.8, 4) is 5.75 Å². The molecule has 0 aliphatic heterocycles. The Labute approximate surface area is 232 Å². The lowest BCUT2D eigenvalue weighted by molar-refractivity contribution is -0.137. The standard InChI is InChI=1S/C31H38N2O5.CH4/c1-4-6-18-32(19-7-5-2)29(34)22-33-21-27(26-17-16-25(38-3)20-28(26)33)31(37)24-14-12-23(13-15-24)10-8-9-11-30(35)36;/h8,10,12-17,20-21H,4-7,9,11,18-19,22H2,1-3H3,(H,35,36);1H4/b10-8+;. The lowest BCUT2D eigenvalue weighted by Crippen LogP contribution is -2.35. The lowest BCUT2D eigenvalue weighted by Gasteiger charge is -2.23. The molecule has 1 aromatic heterocycles. The Kier molecular flexibility index (Phi) is 12.5. The number of methoxy groups -OCH3 is 1. The van der Waals surface area contributed by atoms with Crippen molar-refractivity contribution in [3.63, 3.8) is 0 Å². The number of aromatic nitrogens is 1. The van der Waals surface area contributed by atoms with Crippen LogP contribution in [0.4, 0.5) is 0 Å². The Hall–Kier alpha value is -3.87. The number of unbranched alkanes of at least 4 members (excludes halogenated alkanes) is 2. The maximum Gasteiger partial charge on any atom is 0.303 e. The third-order valence-electron chi connectivity index (χ3n) is 6.56. The van der Waals surface area contributed by atoms with Gasteiger partial charge in [-0.25, -0.2) is 0 Å². The summed E-state index contributed by atoms with van der Waals surface area (Å²) in [7, 11) is 1.60. The van der Waals surface area contributed by atoms with Gasteiger partial charge in [0.05, 0.1) is 12.6 Å². The average Bonchev–Trinajstić information content (AvgIpc) is 3.28. The third kappa shape index (κ3) is 8.57. The monoisotopic (exact) mass is 534 g/mol. The summed E-state index contributed by atoms with van der Waals surface area (Å²) in [6, 6.07) is 12.8. The summed E-state index contributed by atoms with van der Waals surface area (Å²) in [6.07, 6.45) is 9.95. The Morgan fingerprint density at radius 1 is 1.00 bits per heavy atom. The summed E-state index contributed by atoms with van der Waals surface area (Å²) in [5.74, 6) is -0.244. The Morgan fingerprint density at radius 2 is 1.67 bits per heavy atom. The van der Waals surface area contributed by atoms with Crippen LogP contribution in [0.5, 0.6) is 5.75 Å². The van der Waals surface area contributed by atoms with Gasteiger partial charge in [-0.2, -0.15) is 0 Å². The Balaban J connectivity index is 0.00000533. The molecule has 1 N–H and O–H groups in total. The van der Waals surface area contributed by atoms with Crippen molar-refractivity contribution in [3.05, 3.63) is 71.4 Å². The topological polar surface area (TPSA) is 88.8 Å². The second kappa shape index (κ2) is 15.5. The zero-order valence-electron chi connectivity index (χ0n) is 22.6. The highest BCUT2D eigenvalue weighted by atomic mass is 16.5. The number of amides is 1. The number of carboxylic acids is 1. The zero-order valence-corrected chi connectivity index (χ0v) is 22.6. The first kappa shape index (κ1) is 31.3. The van der Waals surface area contributed by atoms with Crippen LogP contribution in [0.3, 0.4) is 0 Å². The van der Waals surface area contributed by atoms with Gasteiger partial charge >= 0.3 is 5.97 Å². The fourth-order valence-electron chi connectivity index (χ4n) is 4.34. The molecule has 3 aromatic rings. The molecule has 1 heterocycles. The SMILES string of the molecule is C.CCCCN(CCCC)C(=O)Cn1cc(C(=O)c2ccc(/C=C/CCC(=O)O)cc2)c2ccc(OC)cc21. The van der Waals surface area contributed by atoms with Crippen molar-refractivity contribution >= 4 is 34.6 Å². The Bertz CT molecular complexity index is 1270. The second-order valence-electron chi connectivity index (χ2n) is 9.43. The van der Waals surface area contributed by atoms with Gasteiger partial charge in [-0.1, -0.05) is 70.5 Å². The van der Waals surface area contributed by atoms with Crippen LogP contribution in [0.15, 0.2) is 54.7 Å². The number of fused-ring (bicyclic) bond motifs is 1. The molecular formula is C32H42N2O5. The van der Waals surface area contributed by atoms with Crippen LogP contribution < -0.4 is 4.74 Å². The van der Waals surface area contributed by atoms with Crippen LogP contribution in [0, 0.1) is 0 Å². The van der Waals surface area contributed by atoms with E-state index in [1.165, 1.54) is 0 Å². The van der Waals surface area contributed by atoms with Crippen molar-refractivity contribution < 1.29 is 24.2 Å². The van der Waals surface area contributed by atoms with E-state index in [1.54, 1.807) is 25.4 Å². The molecule has 0 aliphatic rings. The minimum absolute atomic E-state index is 0. The summed E-state index contributed by atoms with van der Waals surface area (Å²) in [4.78, 5) is 39.5. The third-order valence-corrected chi connectivity index (χ3v) is 6.56. The molecule has 0 atom stereocenters. The number of hydrogen-bond donors (Lipinski definition) is 1. The summed E-state index contributed by atoms with van der Waals surface area (Å²) < 4.78 is 7.28. The van der Waals surface area contributed by atoms with E-state index < -0.39 is 5.97 Å². The van der Waals surface area contributed by atoms with Gasteiger partial charge in [0.25, 0.3) is 0 Å². The van der Waals surface area contributed by atoms with Gasteiger partial charge in [0.1, 0.15) is 12.3 Å². The average molecular weight is 535 g/mol. The quantitative estimate of drug-likeness (QED) is 0.216. The number of allylic oxidation sites excluding steroid dienone is 1. The highest BCUT2D eigenvalue weighted by Crippen LogP contribution is 2.28. The first-order valence-electron chi connectivity index (χ1n) is 13.4. The molecular weight excluding hydrogens is 492 g/mol. The molecule has 7 nitrogen and oxygen atoms in total. The molecule has 210 valence electrons. The minimum Gasteiger partial charge on any atom is -0.497 e. The first-order valence-corrected chi connectivity index (χ1v) is 13.4. The summed E-state index contributed by atoms with van der Waals surface area (Å²) in [5.41, 5.74) is 2.75. The van der Waals surface area contributed by atoms with Gasteiger partial charge in [0.2, 0.25) is 5.91 Å². The fourth-order valence-corrected chi connectivity index (χ4v) is 4.34. The van der Waals surface area contributed by atoms with Gasteiger partial charge in [0.15, 0.2) is 5.78 Å². The van der Waals surface area contributed by atoms with Gasteiger partial charge in [-0.15, -0.1) is 0 Å². The van der Waals surface area contributed by atoms with Crippen LogP contribution >= 0.6 is 0 Å². The van der Waals surface area contributed by atoms with Crippen LogP contribution in [-0.2, 0) is 16.1 Å². The van der Waals surface area contributed by atoms with E-state index in [-0.39, 0.29) is 32.1 Å². The molecule has 3 rings (SSSR count). The van der Waals surface area contributed by atoms with Crippen LogP contribution in [0.2, 0.25) is 0 Å². The number of carbonyl (C=O) groups excluding carboxylic acids is 2. The van der Waals surface area contributed by atoms with Gasteiger partial charge in [-0.05, 0) is 37.0 Å². The fraction of sp³-hybridized carbons (Fsp3) is 0.406. The van der Waals surface area contributed by atoms with Crippen molar-refractivity contribution in [2.75, 3.05) is 20.2 Å². The summed E-state index contributed by atoms with van der Waals surface area (Å²) >= 11 is 0. The van der Waals surface area contributed by atoms with Crippen molar-refractivity contribution in [1.82, 2.24) is 9.47 Å². The summed E-state index contributed by atoms with van der Waals surface area (Å²) in [5, 5.41) is 9.54. The largest absolute Gasteiger partial charge is 0.497 e. The predicted molar refractivity (Wildman–Crippen MR) is 157 cm³/mol. The molecule has 0 unspecified atom stereocenters. The van der Waals surface area contributed by atoms with Gasteiger partial charge < -0.3 is 19.3 Å². The lowest BCUT2D eigenvalue weighted by atomic mass is 10.0. The highest BCUT2D eigenvalue weighted by molar-refractivity contribution is 6.16. The highest BCUT2D eigenvalue weighted by Gasteiger charge is 2.20. The molecule has 0 saturated carbocycles. The molecule has 0 aliphatic carbocycles. The number of benzene rings is 2. The number of ether oxygens (including phenoxy) is 1. The van der Waals surface area contributed by atoms with Crippen molar-refractivity contribution in [2.45, 2.75) is 66.3 Å². The summed E-state index contributed by atoms with van der Waals surface area (Å²) in [6.45, 7) is 5.87. The number of aliphatic carboxylic acids is 1. The zero-order chi connectivity index (χ0) is 27.5. The van der Waals surface area contributed by atoms with Crippen molar-refractivity contribution in [2.24, 2.45) is 0 Å². The smallest absolute Gasteiger partial charge is 0.303 e. The van der Waals surface area contributed by atoms with E-state index in [2.05, 4.69) is 13.8 Å². The Morgan fingerprint density at radius 3 is 2.26 bits per heavy atom. The molecule has 2 aromatic carbocycles. The van der Waals surface area contributed by atoms with E-state index in [4.69, 9.17) is 9.84 Å². The minimum atomic E-state index is -0.830. The maximum absolute atomic E-state index is 13.6. The number of carboxylic acid groups (broad SMARTS) is 1. The van der Waals surface area contributed by atoms with Crippen LogP contribution in [0.25, 0.3) is 17.0 Å². The predicted octanol–water partition coefficient (Wildman–Crippen LogP) is 6.82. The number of rotatable bonds is 15. The molecule has 1 amide bonds. The first-order chi connectivity index (χ1) is 18.4. The van der Waals surface area contributed by atoms with E-state index in [9.17, 15) is 14.4 Å². The molecule has 0 bridgehead atoms. The van der Waals surface area contributed by atoms with Crippen LogP contribution in [0.1, 0.15) is 81.3 Å². The van der Waals surface area contributed by atoms with E-state index in [1.807, 2.05) is 52.0 Å². The molecule has 0 radical (unpaired) electrons.